The van der Waals surface area contributed by atoms with Crippen LogP contribution < -0.4 is 5.73 Å². The van der Waals surface area contributed by atoms with E-state index in [-0.39, 0.29) is 23.0 Å². The number of Topliss-reactive ketones (excluding diaryl/α,β-unsaturated/α-hetero) is 1. The summed E-state index contributed by atoms with van der Waals surface area (Å²) >= 11 is 3.88. The summed E-state index contributed by atoms with van der Waals surface area (Å²) in [4.78, 5) is 21.0. The number of ketones is 1. The van der Waals surface area contributed by atoms with Crippen LogP contribution in [0.25, 0.3) is 0 Å². The monoisotopic (exact) mass is 593 g/mol. The molecule has 7 nitrogen and oxygen atoms in total. The minimum atomic E-state index is -2.94. The number of carbonyl (C=O) groups excluding carboxylic acids is 2. The van der Waals surface area contributed by atoms with Crippen LogP contribution in [0, 0.1) is 11.8 Å². The van der Waals surface area contributed by atoms with Gasteiger partial charge in [0.1, 0.15) is 12.1 Å². The van der Waals surface area contributed by atoms with Crippen molar-refractivity contribution in [3.05, 3.63) is 48.3 Å². The normalized spacial score (nSPS) is 29.1. The van der Waals surface area contributed by atoms with Gasteiger partial charge in [-0.05, 0) is 49.8 Å². The Morgan fingerprint density at radius 2 is 1.77 bits per heavy atom. The van der Waals surface area contributed by atoms with Crippen LogP contribution in [0.2, 0.25) is 0 Å². The van der Waals surface area contributed by atoms with E-state index in [9.17, 15) is 18.0 Å². The number of nitrogens with two attached hydrogens (primary N) is 1. The largest absolute Gasteiger partial charge is 0.396 e. The summed E-state index contributed by atoms with van der Waals surface area (Å²) in [6, 6.07) is 10.1. The molecule has 3 aliphatic heterocycles. The van der Waals surface area contributed by atoms with Crippen LogP contribution >= 0.6 is 23.5 Å². The molecule has 4 heterocycles. The number of hydrogen-bond donors (Lipinski definition) is 1. The molecule has 6 atom stereocenters. The van der Waals surface area contributed by atoms with Gasteiger partial charge in [-0.15, -0.1) is 0 Å². The number of rotatable bonds is 4. The van der Waals surface area contributed by atoms with Crippen molar-refractivity contribution in [1.29, 1.82) is 0 Å². The first-order chi connectivity index (χ1) is 18.6. The van der Waals surface area contributed by atoms with Gasteiger partial charge in [0.05, 0.1) is 28.9 Å². The van der Waals surface area contributed by atoms with E-state index < -0.39 is 9.84 Å². The van der Waals surface area contributed by atoms with E-state index >= 15 is 0 Å². The van der Waals surface area contributed by atoms with Gasteiger partial charge in [0.2, 0.25) is 0 Å². The van der Waals surface area contributed by atoms with Gasteiger partial charge in [-0.3, -0.25) is 9.48 Å². The summed E-state index contributed by atoms with van der Waals surface area (Å²) in [5, 5.41) is 5.35. The number of nitrogen functional groups attached to an aromatic ring is 1. The summed E-state index contributed by atoms with van der Waals surface area (Å²) in [6.07, 6.45) is 9.67. The molecule has 39 heavy (non-hydrogen) atoms. The summed E-state index contributed by atoms with van der Waals surface area (Å²) in [6.45, 7) is 6.11. The summed E-state index contributed by atoms with van der Waals surface area (Å²) in [7, 11) is -2.94. The highest BCUT2D eigenvalue weighted by Gasteiger charge is 2.36. The van der Waals surface area contributed by atoms with Gasteiger partial charge in [0.15, 0.2) is 9.84 Å². The number of benzene rings is 1. The molecule has 0 spiro atoms. The molecule has 3 aliphatic rings. The zero-order valence-corrected chi connectivity index (χ0v) is 25.7. The maximum absolute atomic E-state index is 12.0. The van der Waals surface area contributed by atoms with Crippen LogP contribution in [0.3, 0.4) is 0 Å². The highest BCUT2D eigenvalue weighted by atomic mass is 32.2. The topological polar surface area (TPSA) is 112 Å². The molecule has 3 saturated heterocycles. The lowest BCUT2D eigenvalue weighted by Crippen LogP contribution is -2.35. The number of aldehydes is 1. The van der Waals surface area contributed by atoms with Crippen LogP contribution in [0.1, 0.15) is 70.9 Å². The van der Waals surface area contributed by atoms with Crippen LogP contribution in [0.5, 0.6) is 0 Å². The van der Waals surface area contributed by atoms with Crippen LogP contribution in [-0.2, 0) is 19.4 Å². The number of sulfone groups is 1. The van der Waals surface area contributed by atoms with Crippen LogP contribution in [0.15, 0.2) is 42.7 Å². The van der Waals surface area contributed by atoms with E-state index in [1.54, 1.807) is 13.1 Å². The van der Waals surface area contributed by atoms with Crippen LogP contribution in [-0.4, -0.2) is 63.3 Å². The van der Waals surface area contributed by atoms with Crippen molar-refractivity contribution >= 4 is 51.1 Å². The molecule has 3 fully saturated rings. The standard InChI is InChI=1S/C16H21N3O2S.C7H12OS.C6H10OS/c1-12-9-14(7-8-22(12,20)21)16(13-5-3-2-4-6-13)19-11-15(17)10-18-19;1-6-4-7(5-8)2-3-9-6;1-5-4-6(7)2-3-8-5/h2-6,10-12,14,16H,7-9,17H2,1H3;5-7H,2-4H2,1H3;5H,2-4H2,1H3. The molecule has 1 aromatic carbocycles. The Bertz CT molecular complexity index is 1160. The van der Waals surface area contributed by atoms with Gasteiger partial charge in [-0.1, -0.05) is 44.2 Å². The Morgan fingerprint density at radius 1 is 1.05 bits per heavy atom. The van der Waals surface area contributed by atoms with Crippen molar-refractivity contribution in [3.8, 4) is 0 Å². The third kappa shape index (κ3) is 9.97. The van der Waals surface area contributed by atoms with E-state index in [0.717, 1.165) is 43.3 Å². The number of anilines is 1. The summed E-state index contributed by atoms with van der Waals surface area (Å²) in [5.74, 6) is 3.50. The Kier molecular flexibility index (Phi) is 12.4. The van der Waals surface area contributed by atoms with E-state index in [1.807, 2.05) is 52.6 Å². The second kappa shape index (κ2) is 15.3. The zero-order chi connectivity index (χ0) is 28.4. The molecule has 2 aromatic rings. The van der Waals surface area contributed by atoms with Gasteiger partial charge >= 0.3 is 0 Å². The quantitative estimate of drug-likeness (QED) is 0.466. The van der Waals surface area contributed by atoms with Gasteiger partial charge in [-0.25, -0.2) is 8.42 Å². The van der Waals surface area contributed by atoms with E-state index in [4.69, 9.17) is 5.73 Å². The second-order valence-corrected chi connectivity index (χ2v) is 16.5. The van der Waals surface area contributed by atoms with Gasteiger partial charge in [0.25, 0.3) is 0 Å². The predicted octanol–water partition coefficient (Wildman–Crippen LogP) is 5.46. The Morgan fingerprint density at radius 3 is 2.28 bits per heavy atom. The summed E-state index contributed by atoms with van der Waals surface area (Å²) in [5.41, 5.74) is 7.58. The first-order valence-electron chi connectivity index (χ1n) is 13.8. The van der Waals surface area contributed by atoms with Crippen molar-refractivity contribution < 1.29 is 18.0 Å². The first-order valence-corrected chi connectivity index (χ1v) is 17.7. The number of aromatic nitrogens is 2. The van der Waals surface area contributed by atoms with Gasteiger partial charge < -0.3 is 10.5 Å². The molecule has 0 saturated carbocycles. The van der Waals surface area contributed by atoms with Crippen molar-refractivity contribution in [1.82, 2.24) is 9.78 Å². The molecule has 0 radical (unpaired) electrons. The molecule has 2 N–H and O–H groups in total. The maximum Gasteiger partial charge on any atom is 0.152 e. The average Bonchev–Trinajstić information content (AvgIpc) is 3.33. The van der Waals surface area contributed by atoms with Crippen molar-refractivity contribution in [3.63, 3.8) is 0 Å². The lowest BCUT2D eigenvalue weighted by molar-refractivity contribution is -0.118. The highest BCUT2D eigenvalue weighted by Crippen LogP contribution is 2.37. The Hall–Kier alpha value is -1.78. The van der Waals surface area contributed by atoms with E-state index in [1.165, 1.54) is 5.75 Å². The van der Waals surface area contributed by atoms with Gasteiger partial charge in [-0.2, -0.15) is 28.6 Å². The number of hydrogen-bond acceptors (Lipinski definition) is 8. The molecule has 6 unspecified atom stereocenters. The van der Waals surface area contributed by atoms with Crippen molar-refractivity contribution in [2.75, 3.05) is 23.0 Å². The minimum absolute atomic E-state index is 0.0245. The highest BCUT2D eigenvalue weighted by molar-refractivity contribution is 8.00. The molecule has 1 aromatic heterocycles. The fraction of sp³-hybridized carbons (Fsp3) is 0.621. The number of nitrogens with zero attached hydrogens (tertiary/aromatic N) is 2. The van der Waals surface area contributed by atoms with Gasteiger partial charge in [0, 0.05) is 41.2 Å². The molecular formula is C29H43N3O4S3. The lowest BCUT2D eigenvalue weighted by Gasteiger charge is -2.33. The smallest absolute Gasteiger partial charge is 0.152 e. The minimum Gasteiger partial charge on any atom is -0.396 e. The number of carbonyl (C=O) groups is 2. The van der Waals surface area contributed by atoms with E-state index in [0.29, 0.717) is 40.7 Å². The predicted molar refractivity (Wildman–Crippen MR) is 164 cm³/mol. The number of thioether (sulfide) groups is 2. The Balaban J connectivity index is 0.000000202. The summed E-state index contributed by atoms with van der Waals surface area (Å²) < 4.78 is 25.8. The van der Waals surface area contributed by atoms with E-state index in [2.05, 4.69) is 31.1 Å². The molecule has 5 rings (SSSR count). The molecule has 216 valence electrons. The first kappa shape index (κ1) is 31.7. The van der Waals surface area contributed by atoms with Crippen LogP contribution in [0.4, 0.5) is 5.69 Å². The van der Waals surface area contributed by atoms with Crippen molar-refractivity contribution in [2.45, 2.75) is 81.1 Å². The Labute approximate surface area is 242 Å². The molecule has 0 amide bonds. The fourth-order valence-corrected chi connectivity index (χ4v) is 9.15. The molecule has 0 aliphatic carbocycles. The lowest BCUT2D eigenvalue weighted by atomic mass is 9.87. The second-order valence-electron chi connectivity index (χ2n) is 10.8. The molecule has 0 bridgehead atoms. The molecule has 10 heteroatoms. The maximum atomic E-state index is 12.0. The third-order valence-corrected chi connectivity index (χ3v) is 12.2. The SMILES string of the molecule is CC1CC(=O)CCS1.CC1CC(C(c2ccccc2)n2cc(N)cn2)CCS1(=O)=O.CC1CC(C=O)CCS1. The molecular weight excluding hydrogens is 551 g/mol. The zero-order valence-electron chi connectivity index (χ0n) is 23.3. The van der Waals surface area contributed by atoms with Crippen molar-refractivity contribution in [2.24, 2.45) is 11.8 Å². The average molecular weight is 594 g/mol. The third-order valence-electron chi connectivity index (χ3n) is 7.53. The fourth-order valence-electron chi connectivity index (χ4n) is 5.30.